The van der Waals surface area contributed by atoms with Crippen LogP contribution in [0.1, 0.15) is 159 Å². The largest absolute Gasteiger partial charge is 0.409 e. The maximum atomic E-state index is 13.3. The molecule has 0 unspecified atom stereocenters. The molecule has 0 saturated heterocycles. The molecule has 0 spiro atoms. The van der Waals surface area contributed by atoms with Crippen LogP contribution in [0.15, 0.2) is 24.3 Å². The van der Waals surface area contributed by atoms with Gasteiger partial charge in [-0.1, -0.05) is 114 Å². The van der Waals surface area contributed by atoms with Crippen molar-refractivity contribution >= 4 is 16.2 Å². The minimum absolute atomic E-state index is 0.0287. The van der Waals surface area contributed by atoms with Crippen molar-refractivity contribution in [2.24, 2.45) is 0 Å². The molecule has 0 aromatic heterocycles. The number of carbonyl (C=O) groups excluding carboxylic acids is 1. The van der Waals surface area contributed by atoms with Gasteiger partial charge in [-0.25, -0.2) is 4.72 Å². The lowest BCUT2D eigenvalue weighted by molar-refractivity contribution is -0.118. The molecule has 0 aliphatic rings. The third-order valence-corrected chi connectivity index (χ3v) is 8.14. The zero-order valence-electron chi connectivity index (χ0n) is 26.4. The quantitative estimate of drug-likeness (QED) is 0.317. The van der Waals surface area contributed by atoms with Crippen molar-refractivity contribution < 1.29 is 17.4 Å². The van der Waals surface area contributed by atoms with E-state index in [9.17, 15) is 13.2 Å². The van der Waals surface area contributed by atoms with E-state index in [0.717, 1.165) is 33.4 Å². The Bertz CT molecular complexity index is 1220. The normalized spacial score (nSPS) is 12.8. The second-order valence-electron chi connectivity index (χ2n) is 13.4. The van der Waals surface area contributed by atoms with Crippen molar-refractivity contribution in [1.29, 1.82) is 0 Å². The molecule has 2 aromatic rings. The van der Waals surface area contributed by atoms with Crippen LogP contribution in [0.5, 0.6) is 5.75 Å². The Labute approximate surface area is 238 Å². The first-order valence-corrected chi connectivity index (χ1v) is 15.8. The highest BCUT2D eigenvalue weighted by Gasteiger charge is 2.28. The molecule has 0 bridgehead atoms. The smallest absolute Gasteiger partial charge is 0.366 e. The van der Waals surface area contributed by atoms with Crippen LogP contribution in [-0.2, 0) is 26.9 Å². The van der Waals surface area contributed by atoms with E-state index in [0.29, 0.717) is 11.7 Å². The number of hydrogen-bond acceptors (Lipinski definition) is 4. The predicted molar refractivity (Wildman–Crippen MR) is 163 cm³/mol. The molecule has 0 aliphatic carbocycles. The van der Waals surface area contributed by atoms with Gasteiger partial charge in [0.2, 0.25) is 5.91 Å². The van der Waals surface area contributed by atoms with Crippen LogP contribution in [0, 0.1) is 0 Å². The molecule has 2 rings (SSSR count). The van der Waals surface area contributed by atoms with E-state index in [4.69, 9.17) is 4.18 Å². The number of nitrogens with one attached hydrogen (secondary N) is 1. The number of amides is 1. The molecule has 2 aromatic carbocycles. The molecule has 6 heteroatoms. The number of rotatable bonds is 10. The molecule has 1 amide bonds. The van der Waals surface area contributed by atoms with Crippen LogP contribution >= 0.6 is 0 Å². The molecule has 39 heavy (non-hydrogen) atoms. The van der Waals surface area contributed by atoms with Crippen molar-refractivity contribution in [2.75, 3.05) is 0 Å². The highest BCUT2D eigenvalue weighted by molar-refractivity contribution is 7.85. The molecular weight excluding hydrogens is 506 g/mol. The molecule has 0 aliphatic heterocycles. The summed E-state index contributed by atoms with van der Waals surface area (Å²) in [6.07, 6.45) is -0.0287. The van der Waals surface area contributed by atoms with Gasteiger partial charge in [-0.15, -0.1) is 0 Å². The van der Waals surface area contributed by atoms with Crippen molar-refractivity contribution in [3.63, 3.8) is 0 Å². The van der Waals surface area contributed by atoms with Gasteiger partial charge < -0.3 is 4.18 Å². The SMILES string of the molecule is CC(C)c1cc(C(C)C)c(CC(=O)NS(=O)(=O)Oc2c(C(C)C)cc(C(C)(C)C)cc2C(C)C)c(C(C)C)c1. The van der Waals surface area contributed by atoms with Crippen molar-refractivity contribution in [3.8, 4) is 5.75 Å². The zero-order chi connectivity index (χ0) is 30.0. The summed E-state index contributed by atoms with van der Waals surface area (Å²) in [5.74, 6) is 0.534. The van der Waals surface area contributed by atoms with Crippen LogP contribution in [0.2, 0.25) is 0 Å². The van der Waals surface area contributed by atoms with E-state index >= 15 is 0 Å². The van der Waals surface area contributed by atoms with Gasteiger partial charge in [0.1, 0.15) is 0 Å². The third-order valence-electron chi connectivity index (χ3n) is 7.28. The Morgan fingerprint density at radius 3 is 1.46 bits per heavy atom. The summed E-state index contributed by atoms with van der Waals surface area (Å²) in [7, 11) is -4.40. The molecule has 1 N–H and O–H groups in total. The summed E-state index contributed by atoms with van der Waals surface area (Å²) in [6.45, 7) is 27.2. The second kappa shape index (κ2) is 12.4. The first kappa shape index (κ1) is 32.9. The Kier molecular flexibility index (Phi) is 10.5. The second-order valence-corrected chi connectivity index (χ2v) is 14.7. The van der Waals surface area contributed by atoms with Gasteiger partial charge in [0.05, 0.1) is 6.42 Å². The van der Waals surface area contributed by atoms with Crippen molar-refractivity contribution in [1.82, 2.24) is 4.72 Å². The van der Waals surface area contributed by atoms with Crippen LogP contribution < -0.4 is 8.91 Å². The summed E-state index contributed by atoms with van der Waals surface area (Å²) in [6, 6.07) is 8.39. The Morgan fingerprint density at radius 1 is 0.718 bits per heavy atom. The standard InChI is InChI=1S/C33H51NO4S/c1-19(2)24-14-26(20(3)4)30(27(15-24)21(5)6)18-31(35)34-39(36,37)38-32-28(22(7)8)16-25(33(11,12)13)17-29(32)23(9)10/h14-17,19-23H,18H2,1-13H3,(H,34,35). The molecule has 0 heterocycles. The summed E-state index contributed by atoms with van der Waals surface area (Å²) in [5, 5.41) is 0. The van der Waals surface area contributed by atoms with E-state index in [-0.39, 0.29) is 35.5 Å². The lowest BCUT2D eigenvalue weighted by Gasteiger charge is -2.26. The predicted octanol–water partition coefficient (Wildman–Crippen LogP) is 8.58. The van der Waals surface area contributed by atoms with Crippen molar-refractivity contribution in [2.45, 2.75) is 131 Å². The third kappa shape index (κ3) is 8.33. The van der Waals surface area contributed by atoms with Gasteiger partial charge >= 0.3 is 10.3 Å². The van der Waals surface area contributed by atoms with E-state index < -0.39 is 16.2 Å². The van der Waals surface area contributed by atoms with E-state index in [2.05, 4.69) is 79.2 Å². The minimum atomic E-state index is -4.40. The van der Waals surface area contributed by atoms with Gasteiger partial charge in [-0.05, 0) is 73.9 Å². The van der Waals surface area contributed by atoms with Gasteiger partial charge in [0, 0.05) is 0 Å². The number of benzene rings is 2. The summed E-state index contributed by atoms with van der Waals surface area (Å²) in [5.41, 5.74) is 6.94. The van der Waals surface area contributed by atoms with Crippen molar-refractivity contribution in [3.05, 3.63) is 63.2 Å². The fourth-order valence-corrected chi connectivity index (χ4v) is 5.64. The highest BCUT2D eigenvalue weighted by atomic mass is 32.2. The maximum absolute atomic E-state index is 13.3. The Morgan fingerprint density at radius 2 is 1.13 bits per heavy atom. The highest BCUT2D eigenvalue weighted by Crippen LogP contribution is 2.39. The van der Waals surface area contributed by atoms with E-state index in [1.807, 2.05) is 39.8 Å². The van der Waals surface area contributed by atoms with Gasteiger partial charge in [0.15, 0.2) is 5.75 Å². The fraction of sp³-hybridized carbons (Fsp3) is 0.606. The van der Waals surface area contributed by atoms with E-state index in [1.54, 1.807) is 0 Å². The summed E-state index contributed by atoms with van der Waals surface area (Å²) < 4.78 is 34.4. The summed E-state index contributed by atoms with van der Waals surface area (Å²) in [4.78, 5) is 13.2. The average molecular weight is 558 g/mol. The van der Waals surface area contributed by atoms with Crippen LogP contribution in [0.3, 0.4) is 0 Å². The first-order chi connectivity index (χ1) is 17.7. The lowest BCUT2D eigenvalue weighted by atomic mass is 9.81. The first-order valence-electron chi connectivity index (χ1n) is 14.3. The molecule has 0 saturated carbocycles. The zero-order valence-corrected chi connectivity index (χ0v) is 27.3. The van der Waals surface area contributed by atoms with Gasteiger partial charge in [0.25, 0.3) is 0 Å². The monoisotopic (exact) mass is 557 g/mol. The fourth-order valence-electron chi connectivity index (χ4n) is 4.84. The summed E-state index contributed by atoms with van der Waals surface area (Å²) >= 11 is 0. The Balaban J connectivity index is 2.49. The van der Waals surface area contributed by atoms with Crippen LogP contribution in [0.25, 0.3) is 0 Å². The number of carbonyl (C=O) groups is 1. The molecule has 0 atom stereocenters. The minimum Gasteiger partial charge on any atom is -0.366 e. The molecule has 5 nitrogen and oxygen atoms in total. The molecule has 0 fully saturated rings. The van der Waals surface area contributed by atoms with Crippen LogP contribution in [-0.4, -0.2) is 14.3 Å². The topological polar surface area (TPSA) is 72.5 Å². The maximum Gasteiger partial charge on any atom is 0.409 e. The van der Waals surface area contributed by atoms with Crippen LogP contribution in [0.4, 0.5) is 0 Å². The van der Waals surface area contributed by atoms with E-state index in [1.165, 1.54) is 5.56 Å². The Hall–Kier alpha value is -2.34. The lowest BCUT2D eigenvalue weighted by Crippen LogP contribution is -2.36. The molecule has 0 radical (unpaired) electrons. The van der Waals surface area contributed by atoms with Gasteiger partial charge in [-0.2, -0.15) is 8.42 Å². The molecule has 218 valence electrons. The number of hydrogen-bond donors (Lipinski definition) is 1. The average Bonchev–Trinajstić information content (AvgIpc) is 2.76. The van der Waals surface area contributed by atoms with Gasteiger partial charge in [-0.3, -0.25) is 4.79 Å². The molecular formula is C33H51NO4S.